The highest BCUT2D eigenvalue weighted by Gasteiger charge is 2.21. The Hall–Kier alpha value is -1.42. The Labute approximate surface area is 88.2 Å². The van der Waals surface area contributed by atoms with E-state index < -0.39 is 0 Å². The molecule has 2 rings (SSSR count). The number of aliphatic imine (C=N–C) groups is 1. The monoisotopic (exact) mass is 207 g/mol. The van der Waals surface area contributed by atoms with Crippen LogP contribution in [0.25, 0.3) is 0 Å². The fraction of sp³-hybridized carbons (Fsp3) is 0.364. The molecule has 1 aliphatic carbocycles. The van der Waals surface area contributed by atoms with Crippen molar-refractivity contribution in [2.45, 2.75) is 25.8 Å². The lowest BCUT2D eigenvalue weighted by atomic mass is 10.1. The SMILES string of the molecule is Cc1cc(C(=NC2CC2)NN)ccc1F. The lowest BCUT2D eigenvalue weighted by Gasteiger charge is -2.06. The van der Waals surface area contributed by atoms with Gasteiger partial charge < -0.3 is 5.43 Å². The van der Waals surface area contributed by atoms with E-state index in [1.165, 1.54) is 6.07 Å². The summed E-state index contributed by atoms with van der Waals surface area (Å²) in [7, 11) is 0. The Kier molecular flexibility index (Phi) is 2.68. The van der Waals surface area contributed by atoms with Crippen molar-refractivity contribution < 1.29 is 4.39 Å². The van der Waals surface area contributed by atoms with Crippen molar-refractivity contribution in [2.75, 3.05) is 0 Å². The van der Waals surface area contributed by atoms with Crippen LogP contribution in [0.4, 0.5) is 4.39 Å². The van der Waals surface area contributed by atoms with Gasteiger partial charge in [-0.3, -0.25) is 4.99 Å². The van der Waals surface area contributed by atoms with Crippen molar-refractivity contribution in [3.8, 4) is 0 Å². The van der Waals surface area contributed by atoms with Gasteiger partial charge in [0.2, 0.25) is 0 Å². The van der Waals surface area contributed by atoms with Crippen LogP contribution in [0.1, 0.15) is 24.0 Å². The molecule has 0 radical (unpaired) electrons. The van der Waals surface area contributed by atoms with E-state index in [1.807, 2.05) is 0 Å². The van der Waals surface area contributed by atoms with E-state index in [4.69, 9.17) is 5.84 Å². The lowest BCUT2D eigenvalue weighted by Crippen LogP contribution is -2.31. The first-order chi connectivity index (χ1) is 7.20. The summed E-state index contributed by atoms with van der Waals surface area (Å²) in [6.07, 6.45) is 2.23. The number of hydrogen-bond acceptors (Lipinski definition) is 2. The highest BCUT2D eigenvalue weighted by Crippen LogP contribution is 2.24. The average molecular weight is 207 g/mol. The third-order valence-electron chi connectivity index (χ3n) is 2.43. The molecule has 1 aromatic carbocycles. The second kappa shape index (κ2) is 3.98. The van der Waals surface area contributed by atoms with Crippen molar-refractivity contribution in [2.24, 2.45) is 10.8 Å². The molecule has 0 bridgehead atoms. The van der Waals surface area contributed by atoms with Crippen molar-refractivity contribution in [1.29, 1.82) is 0 Å². The van der Waals surface area contributed by atoms with Crippen LogP contribution >= 0.6 is 0 Å². The molecule has 0 atom stereocenters. The molecule has 0 amide bonds. The zero-order chi connectivity index (χ0) is 10.8. The molecule has 1 aliphatic rings. The van der Waals surface area contributed by atoms with Crippen LogP contribution < -0.4 is 11.3 Å². The molecule has 0 heterocycles. The quantitative estimate of drug-likeness (QED) is 0.334. The van der Waals surface area contributed by atoms with E-state index in [0.29, 0.717) is 17.4 Å². The maximum absolute atomic E-state index is 13.0. The minimum Gasteiger partial charge on any atom is -0.308 e. The summed E-state index contributed by atoms with van der Waals surface area (Å²) in [5.74, 6) is 5.83. The number of aryl methyl sites for hydroxylation is 1. The molecule has 0 aromatic heterocycles. The average Bonchev–Trinajstić information content (AvgIpc) is 3.02. The standard InChI is InChI=1S/C11H14FN3/c1-7-6-8(2-5-10(7)12)11(15-13)14-9-3-4-9/h2,5-6,9H,3-4,13H2,1H3,(H,14,15). The molecule has 0 aliphatic heterocycles. The van der Waals surface area contributed by atoms with Crippen LogP contribution in [0.5, 0.6) is 0 Å². The molecule has 4 heteroatoms. The molecule has 15 heavy (non-hydrogen) atoms. The van der Waals surface area contributed by atoms with E-state index in [2.05, 4.69) is 10.4 Å². The zero-order valence-electron chi connectivity index (χ0n) is 8.63. The number of nitrogens with two attached hydrogens (primary N) is 1. The van der Waals surface area contributed by atoms with Crippen molar-refractivity contribution in [3.63, 3.8) is 0 Å². The number of amidine groups is 1. The van der Waals surface area contributed by atoms with Crippen LogP contribution in [0.2, 0.25) is 0 Å². The molecule has 0 unspecified atom stereocenters. The summed E-state index contributed by atoms with van der Waals surface area (Å²) >= 11 is 0. The zero-order valence-corrected chi connectivity index (χ0v) is 8.63. The van der Waals surface area contributed by atoms with Crippen LogP contribution in [-0.4, -0.2) is 11.9 Å². The highest BCUT2D eigenvalue weighted by atomic mass is 19.1. The van der Waals surface area contributed by atoms with Gasteiger partial charge in [-0.05, 0) is 43.5 Å². The summed E-state index contributed by atoms with van der Waals surface area (Å²) < 4.78 is 13.0. The minimum atomic E-state index is -0.207. The van der Waals surface area contributed by atoms with Crippen molar-refractivity contribution >= 4 is 5.84 Å². The van der Waals surface area contributed by atoms with E-state index >= 15 is 0 Å². The maximum Gasteiger partial charge on any atom is 0.142 e. The molecule has 3 N–H and O–H groups in total. The number of halogens is 1. The summed E-state index contributed by atoms with van der Waals surface area (Å²) in [6.45, 7) is 1.73. The van der Waals surface area contributed by atoms with Gasteiger partial charge >= 0.3 is 0 Å². The smallest absolute Gasteiger partial charge is 0.142 e. The second-order valence-electron chi connectivity index (χ2n) is 3.82. The summed E-state index contributed by atoms with van der Waals surface area (Å²) in [5, 5.41) is 0. The van der Waals surface area contributed by atoms with Crippen molar-refractivity contribution in [3.05, 3.63) is 35.1 Å². The van der Waals surface area contributed by atoms with Gasteiger partial charge in [0.25, 0.3) is 0 Å². The first kappa shape index (κ1) is 10.1. The molecular formula is C11H14FN3. The number of rotatable bonds is 2. The topological polar surface area (TPSA) is 50.4 Å². The molecule has 0 saturated heterocycles. The fourth-order valence-corrected chi connectivity index (χ4v) is 1.37. The van der Waals surface area contributed by atoms with Crippen LogP contribution in [-0.2, 0) is 0 Å². The van der Waals surface area contributed by atoms with Crippen molar-refractivity contribution in [1.82, 2.24) is 5.43 Å². The first-order valence-corrected chi connectivity index (χ1v) is 5.01. The van der Waals surface area contributed by atoms with E-state index in [9.17, 15) is 4.39 Å². The van der Waals surface area contributed by atoms with Crippen LogP contribution in [0, 0.1) is 12.7 Å². The van der Waals surface area contributed by atoms with Gasteiger partial charge in [0.05, 0.1) is 6.04 Å². The van der Waals surface area contributed by atoms with Gasteiger partial charge in [-0.25, -0.2) is 10.2 Å². The van der Waals surface area contributed by atoms with E-state index in [-0.39, 0.29) is 5.82 Å². The van der Waals surface area contributed by atoms with E-state index in [1.54, 1.807) is 19.1 Å². The number of hydrazine groups is 1. The third-order valence-corrected chi connectivity index (χ3v) is 2.43. The Bertz CT molecular complexity index is 397. The molecule has 3 nitrogen and oxygen atoms in total. The van der Waals surface area contributed by atoms with E-state index in [0.717, 1.165) is 18.4 Å². The first-order valence-electron chi connectivity index (χ1n) is 5.01. The molecular weight excluding hydrogens is 193 g/mol. The Morgan fingerprint density at radius 1 is 1.53 bits per heavy atom. The fourth-order valence-electron chi connectivity index (χ4n) is 1.37. The molecule has 1 aromatic rings. The van der Waals surface area contributed by atoms with Gasteiger partial charge in [-0.2, -0.15) is 0 Å². The van der Waals surface area contributed by atoms with Crippen LogP contribution in [0.3, 0.4) is 0 Å². The van der Waals surface area contributed by atoms with Gasteiger partial charge in [-0.1, -0.05) is 0 Å². The number of nitrogens with one attached hydrogen (secondary N) is 1. The molecule has 0 spiro atoms. The van der Waals surface area contributed by atoms with Crippen LogP contribution in [0.15, 0.2) is 23.2 Å². The predicted octanol–water partition coefficient (Wildman–Crippen LogP) is 1.51. The van der Waals surface area contributed by atoms with Gasteiger partial charge in [0.15, 0.2) is 0 Å². The molecule has 80 valence electrons. The number of hydrogen-bond donors (Lipinski definition) is 2. The number of nitrogens with zero attached hydrogens (tertiary/aromatic N) is 1. The maximum atomic E-state index is 13.0. The normalized spacial score (nSPS) is 16.6. The largest absolute Gasteiger partial charge is 0.308 e. The van der Waals surface area contributed by atoms with Gasteiger partial charge in [0, 0.05) is 5.56 Å². The van der Waals surface area contributed by atoms with Gasteiger partial charge in [0.1, 0.15) is 11.7 Å². The third kappa shape index (κ3) is 2.33. The summed E-state index contributed by atoms with van der Waals surface area (Å²) in [6, 6.07) is 5.26. The summed E-state index contributed by atoms with van der Waals surface area (Å²) in [4.78, 5) is 4.41. The minimum absolute atomic E-state index is 0.207. The summed E-state index contributed by atoms with van der Waals surface area (Å²) in [5.41, 5.74) is 4.00. The second-order valence-corrected chi connectivity index (χ2v) is 3.82. The van der Waals surface area contributed by atoms with Gasteiger partial charge in [-0.15, -0.1) is 0 Å². The molecule has 1 saturated carbocycles. The lowest BCUT2D eigenvalue weighted by molar-refractivity contribution is 0.618. The predicted molar refractivity (Wildman–Crippen MR) is 58.0 cm³/mol. The Morgan fingerprint density at radius 3 is 2.80 bits per heavy atom. The Morgan fingerprint density at radius 2 is 2.27 bits per heavy atom. The molecule has 1 fully saturated rings. The highest BCUT2D eigenvalue weighted by molar-refractivity contribution is 5.98. The number of benzene rings is 1. The Balaban J connectivity index is 2.29.